The van der Waals surface area contributed by atoms with Crippen LogP contribution >= 0.6 is 0 Å². The summed E-state index contributed by atoms with van der Waals surface area (Å²) < 4.78 is 5.79. The molecule has 0 fully saturated rings. The zero-order valence-electron chi connectivity index (χ0n) is 14.2. The summed E-state index contributed by atoms with van der Waals surface area (Å²) in [5.74, 6) is 0.918. The number of H-pyrrole nitrogens is 1. The van der Waals surface area contributed by atoms with Gasteiger partial charge in [-0.05, 0) is 49.6 Å². The van der Waals surface area contributed by atoms with E-state index in [4.69, 9.17) is 4.74 Å². The van der Waals surface area contributed by atoms with Gasteiger partial charge < -0.3 is 4.74 Å². The predicted molar refractivity (Wildman–Crippen MR) is 99.2 cm³/mol. The molecule has 1 N–H and O–H groups in total. The van der Waals surface area contributed by atoms with Crippen molar-refractivity contribution in [2.45, 2.75) is 20.3 Å². The van der Waals surface area contributed by atoms with Crippen molar-refractivity contribution in [3.8, 4) is 28.1 Å². The van der Waals surface area contributed by atoms with E-state index in [0.717, 1.165) is 40.1 Å². The Morgan fingerprint density at radius 1 is 1.12 bits per heavy atom. The molecule has 0 spiro atoms. The van der Waals surface area contributed by atoms with E-state index in [9.17, 15) is 0 Å². The van der Waals surface area contributed by atoms with Crippen LogP contribution in [-0.2, 0) is 0 Å². The molecule has 2 aromatic carbocycles. The van der Waals surface area contributed by atoms with Gasteiger partial charge in [0.05, 0.1) is 18.5 Å². The topological polar surface area (TPSA) is 37.9 Å². The van der Waals surface area contributed by atoms with E-state index >= 15 is 0 Å². The summed E-state index contributed by atoms with van der Waals surface area (Å²) in [6.45, 7) is 8.54. The van der Waals surface area contributed by atoms with Gasteiger partial charge in [0, 0.05) is 11.1 Å². The zero-order valence-corrected chi connectivity index (χ0v) is 14.2. The largest absolute Gasteiger partial charge is 0.493 e. The Labute approximate surface area is 143 Å². The number of hydrogen-bond acceptors (Lipinski definition) is 2. The summed E-state index contributed by atoms with van der Waals surface area (Å²) in [7, 11) is 0. The Morgan fingerprint density at radius 3 is 2.75 bits per heavy atom. The highest BCUT2D eigenvalue weighted by molar-refractivity contribution is 5.81. The molecule has 3 nitrogen and oxygen atoms in total. The van der Waals surface area contributed by atoms with Crippen molar-refractivity contribution in [1.82, 2.24) is 10.2 Å². The number of rotatable bonds is 6. The number of ether oxygens (including phenoxy) is 1. The van der Waals surface area contributed by atoms with E-state index in [1.54, 1.807) is 0 Å². The van der Waals surface area contributed by atoms with Crippen molar-refractivity contribution in [1.29, 1.82) is 0 Å². The highest BCUT2D eigenvalue weighted by Gasteiger charge is 2.11. The van der Waals surface area contributed by atoms with Gasteiger partial charge in [-0.3, -0.25) is 5.10 Å². The molecule has 0 saturated heterocycles. The Kier molecular flexibility index (Phi) is 4.80. The van der Waals surface area contributed by atoms with E-state index in [0.29, 0.717) is 6.61 Å². The molecule has 3 rings (SSSR count). The van der Waals surface area contributed by atoms with Gasteiger partial charge in [-0.2, -0.15) is 5.10 Å². The lowest BCUT2D eigenvalue weighted by atomic mass is 9.99. The smallest absolute Gasteiger partial charge is 0.122 e. The minimum Gasteiger partial charge on any atom is -0.493 e. The number of benzene rings is 2. The van der Waals surface area contributed by atoms with Crippen molar-refractivity contribution >= 4 is 0 Å². The molecule has 0 unspecified atom stereocenters. The lowest BCUT2D eigenvalue weighted by molar-refractivity contribution is 0.323. The highest BCUT2D eigenvalue weighted by atomic mass is 16.5. The van der Waals surface area contributed by atoms with Gasteiger partial charge in [0.25, 0.3) is 0 Å². The molecule has 0 amide bonds. The number of aromatic nitrogens is 2. The van der Waals surface area contributed by atoms with Gasteiger partial charge in [-0.25, -0.2) is 0 Å². The third kappa shape index (κ3) is 3.40. The minimum absolute atomic E-state index is 0.657. The van der Waals surface area contributed by atoms with Crippen LogP contribution in [0.15, 0.2) is 61.3 Å². The quantitative estimate of drug-likeness (QED) is 0.493. The molecule has 3 heteroatoms. The molecular formula is C21H22N2O. The number of nitrogens with zero attached hydrogens (tertiary/aromatic N) is 1. The van der Waals surface area contributed by atoms with Crippen molar-refractivity contribution < 1.29 is 4.74 Å². The van der Waals surface area contributed by atoms with Crippen LogP contribution in [0.2, 0.25) is 0 Å². The number of nitrogens with one attached hydrogen (secondary N) is 1. The Bertz CT molecular complexity index is 849. The fourth-order valence-electron chi connectivity index (χ4n) is 2.76. The van der Waals surface area contributed by atoms with Crippen LogP contribution < -0.4 is 4.74 Å². The lowest BCUT2D eigenvalue weighted by Gasteiger charge is -2.10. The molecule has 0 radical (unpaired) electrons. The van der Waals surface area contributed by atoms with Crippen LogP contribution in [0.5, 0.6) is 5.75 Å². The molecule has 0 aliphatic rings. The summed E-state index contributed by atoms with van der Waals surface area (Å²) >= 11 is 0. The third-order valence-electron chi connectivity index (χ3n) is 4.01. The number of hydrogen-bond donors (Lipinski definition) is 1. The summed E-state index contributed by atoms with van der Waals surface area (Å²) in [6, 6.07) is 14.7. The van der Waals surface area contributed by atoms with Gasteiger partial charge in [0.15, 0.2) is 0 Å². The van der Waals surface area contributed by atoms with Crippen molar-refractivity contribution in [2.75, 3.05) is 6.61 Å². The molecule has 1 heterocycles. The van der Waals surface area contributed by atoms with E-state index in [2.05, 4.69) is 67.0 Å². The van der Waals surface area contributed by atoms with E-state index in [-0.39, 0.29) is 0 Å². The average Bonchev–Trinajstić information content (AvgIpc) is 3.06. The van der Waals surface area contributed by atoms with Gasteiger partial charge >= 0.3 is 0 Å². The molecule has 0 saturated carbocycles. The van der Waals surface area contributed by atoms with Crippen LogP contribution in [0.4, 0.5) is 0 Å². The van der Waals surface area contributed by atoms with Crippen LogP contribution in [0, 0.1) is 13.8 Å². The van der Waals surface area contributed by atoms with Crippen molar-refractivity contribution in [2.24, 2.45) is 0 Å². The van der Waals surface area contributed by atoms with Gasteiger partial charge in [0.2, 0.25) is 0 Å². The lowest BCUT2D eigenvalue weighted by Crippen LogP contribution is -1.97. The first kappa shape index (κ1) is 16.1. The normalized spacial score (nSPS) is 10.6. The third-order valence-corrected chi connectivity index (χ3v) is 4.01. The maximum Gasteiger partial charge on any atom is 0.122 e. The molecule has 3 aromatic rings. The number of aromatic amines is 1. The summed E-state index contributed by atoms with van der Waals surface area (Å²) in [4.78, 5) is 0. The number of aryl methyl sites for hydroxylation is 2. The van der Waals surface area contributed by atoms with Crippen molar-refractivity contribution in [3.05, 3.63) is 72.4 Å². The van der Waals surface area contributed by atoms with Crippen molar-refractivity contribution in [3.63, 3.8) is 0 Å². The molecule has 24 heavy (non-hydrogen) atoms. The van der Waals surface area contributed by atoms with Crippen LogP contribution in [0.25, 0.3) is 22.4 Å². The van der Waals surface area contributed by atoms with Crippen LogP contribution in [0.3, 0.4) is 0 Å². The molecule has 1 aromatic heterocycles. The van der Waals surface area contributed by atoms with E-state index in [1.807, 2.05) is 18.3 Å². The molecule has 0 aliphatic heterocycles. The minimum atomic E-state index is 0.657. The first-order chi connectivity index (χ1) is 11.7. The summed E-state index contributed by atoms with van der Waals surface area (Å²) in [5, 5.41) is 7.38. The summed E-state index contributed by atoms with van der Waals surface area (Å²) in [5.41, 5.74) is 6.77. The second kappa shape index (κ2) is 7.18. The average molecular weight is 318 g/mol. The van der Waals surface area contributed by atoms with Gasteiger partial charge in [-0.1, -0.05) is 35.9 Å². The molecule has 0 aliphatic carbocycles. The summed E-state index contributed by atoms with van der Waals surface area (Å²) in [6.07, 6.45) is 4.59. The first-order valence-corrected chi connectivity index (χ1v) is 8.14. The Hall–Kier alpha value is -2.81. The molecule has 122 valence electrons. The second-order valence-electron chi connectivity index (χ2n) is 5.93. The first-order valence-electron chi connectivity index (χ1n) is 8.14. The Morgan fingerprint density at radius 2 is 2.00 bits per heavy atom. The monoisotopic (exact) mass is 318 g/mol. The standard InChI is InChI=1S/C21H22N2O/c1-4-5-11-24-20-10-9-17(13-16(20)3)19-14-22-23-21(19)18-8-6-7-15(2)12-18/h4,6-10,12-14H,1,5,11H2,2-3H3,(H,22,23). The Balaban J connectivity index is 1.92. The van der Waals surface area contributed by atoms with Crippen LogP contribution in [-0.4, -0.2) is 16.8 Å². The van der Waals surface area contributed by atoms with E-state index < -0.39 is 0 Å². The SMILES string of the molecule is C=CCCOc1ccc(-c2cn[nH]c2-c2cccc(C)c2)cc1C. The van der Waals surface area contributed by atoms with Gasteiger partial charge in [-0.15, -0.1) is 6.58 Å². The van der Waals surface area contributed by atoms with Crippen LogP contribution in [0.1, 0.15) is 17.5 Å². The zero-order chi connectivity index (χ0) is 16.9. The molecule has 0 bridgehead atoms. The molecule has 0 atom stereocenters. The highest BCUT2D eigenvalue weighted by Crippen LogP contribution is 2.33. The second-order valence-corrected chi connectivity index (χ2v) is 5.93. The fourth-order valence-corrected chi connectivity index (χ4v) is 2.76. The predicted octanol–water partition coefficient (Wildman–Crippen LogP) is 5.32. The van der Waals surface area contributed by atoms with E-state index in [1.165, 1.54) is 5.56 Å². The maximum atomic E-state index is 5.79. The molecular weight excluding hydrogens is 296 g/mol. The fraction of sp³-hybridized carbons (Fsp3) is 0.190. The van der Waals surface area contributed by atoms with Gasteiger partial charge in [0.1, 0.15) is 5.75 Å². The maximum absolute atomic E-state index is 5.79.